The molecular weight excluding hydrogens is 176 g/mol. The molecule has 0 saturated heterocycles. The van der Waals surface area contributed by atoms with Gasteiger partial charge in [-0.2, -0.15) is 0 Å². The summed E-state index contributed by atoms with van der Waals surface area (Å²) >= 11 is 0. The van der Waals surface area contributed by atoms with Crippen LogP contribution in [0.25, 0.3) is 0 Å². The van der Waals surface area contributed by atoms with Crippen LogP contribution in [0.4, 0.5) is 0 Å². The highest BCUT2D eigenvalue weighted by atomic mass is 16.3. The predicted octanol–water partition coefficient (Wildman–Crippen LogP) is 0.983. The summed E-state index contributed by atoms with van der Waals surface area (Å²) < 4.78 is 0. The van der Waals surface area contributed by atoms with Crippen LogP contribution in [-0.4, -0.2) is 37.4 Å². The zero-order valence-electron chi connectivity index (χ0n) is 9.84. The Morgan fingerprint density at radius 3 is 2.36 bits per heavy atom. The molecule has 0 aliphatic heterocycles. The third-order valence-corrected chi connectivity index (χ3v) is 2.42. The molecule has 0 aromatic rings. The predicted molar refractivity (Wildman–Crippen MR) is 61.5 cm³/mol. The van der Waals surface area contributed by atoms with Crippen LogP contribution in [0.2, 0.25) is 0 Å². The van der Waals surface area contributed by atoms with Gasteiger partial charge in [-0.25, -0.2) is 0 Å². The van der Waals surface area contributed by atoms with E-state index in [0.29, 0.717) is 5.92 Å². The van der Waals surface area contributed by atoms with Gasteiger partial charge >= 0.3 is 0 Å². The Bertz CT molecular complexity index is 118. The van der Waals surface area contributed by atoms with Crippen molar-refractivity contribution in [3.63, 3.8) is 0 Å². The van der Waals surface area contributed by atoms with Gasteiger partial charge in [0.25, 0.3) is 0 Å². The maximum Gasteiger partial charge on any atom is 0.0587 e. The Balaban J connectivity index is 3.25. The second kappa shape index (κ2) is 9.44. The molecule has 0 rings (SSSR count). The summed E-state index contributed by atoms with van der Waals surface area (Å²) in [6.45, 7) is 9.70. The molecule has 0 spiro atoms. The average Bonchev–Trinajstić information content (AvgIpc) is 2.16. The SMILES string of the molecule is CCCCNCCN[C@H](CO)C(C)C. The summed E-state index contributed by atoms with van der Waals surface area (Å²) in [7, 11) is 0. The van der Waals surface area contributed by atoms with Gasteiger partial charge < -0.3 is 15.7 Å². The zero-order chi connectivity index (χ0) is 10.8. The molecule has 0 aromatic heterocycles. The molecular formula is C11H26N2O. The molecule has 3 N–H and O–H groups in total. The topological polar surface area (TPSA) is 44.3 Å². The lowest BCUT2D eigenvalue weighted by atomic mass is 10.1. The molecule has 0 amide bonds. The Morgan fingerprint density at radius 1 is 1.14 bits per heavy atom. The minimum atomic E-state index is 0.229. The van der Waals surface area contributed by atoms with E-state index in [1.807, 2.05) is 0 Å². The van der Waals surface area contributed by atoms with Gasteiger partial charge in [-0.1, -0.05) is 27.2 Å². The van der Waals surface area contributed by atoms with Crippen LogP contribution >= 0.6 is 0 Å². The maximum atomic E-state index is 9.05. The number of hydrogen-bond acceptors (Lipinski definition) is 3. The minimum absolute atomic E-state index is 0.229. The molecule has 0 aromatic carbocycles. The molecule has 86 valence electrons. The van der Waals surface area contributed by atoms with Gasteiger partial charge in [0.15, 0.2) is 0 Å². The molecule has 0 aliphatic carbocycles. The van der Waals surface area contributed by atoms with Gasteiger partial charge in [-0.15, -0.1) is 0 Å². The fourth-order valence-electron chi connectivity index (χ4n) is 1.28. The summed E-state index contributed by atoms with van der Waals surface area (Å²) in [6, 6.07) is 0.239. The van der Waals surface area contributed by atoms with E-state index in [1.165, 1.54) is 12.8 Å². The van der Waals surface area contributed by atoms with Crippen LogP contribution in [0.5, 0.6) is 0 Å². The molecule has 0 bridgehead atoms. The number of nitrogens with one attached hydrogen (secondary N) is 2. The van der Waals surface area contributed by atoms with E-state index >= 15 is 0 Å². The third-order valence-electron chi connectivity index (χ3n) is 2.42. The highest BCUT2D eigenvalue weighted by molar-refractivity contribution is 4.69. The first-order chi connectivity index (χ1) is 6.72. The quantitative estimate of drug-likeness (QED) is 0.488. The van der Waals surface area contributed by atoms with E-state index < -0.39 is 0 Å². The fraction of sp³-hybridized carbons (Fsp3) is 1.00. The second-order valence-corrected chi connectivity index (χ2v) is 4.09. The van der Waals surface area contributed by atoms with Gasteiger partial charge in [0.05, 0.1) is 6.61 Å². The first kappa shape index (κ1) is 13.9. The molecule has 0 unspecified atom stereocenters. The molecule has 0 saturated carbocycles. The number of hydrogen-bond donors (Lipinski definition) is 3. The molecule has 0 heterocycles. The largest absolute Gasteiger partial charge is 0.395 e. The average molecular weight is 202 g/mol. The van der Waals surface area contributed by atoms with Crippen LogP contribution in [-0.2, 0) is 0 Å². The van der Waals surface area contributed by atoms with Gasteiger partial charge in [0, 0.05) is 19.1 Å². The summed E-state index contributed by atoms with van der Waals surface area (Å²) in [5.41, 5.74) is 0. The van der Waals surface area contributed by atoms with Crippen molar-refractivity contribution in [1.82, 2.24) is 10.6 Å². The molecule has 1 atom stereocenters. The van der Waals surface area contributed by atoms with Gasteiger partial charge in [0.2, 0.25) is 0 Å². The van der Waals surface area contributed by atoms with Crippen molar-refractivity contribution >= 4 is 0 Å². The van der Waals surface area contributed by atoms with Crippen molar-refractivity contribution in [3.05, 3.63) is 0 Å². The Hall–Kier alpha value is -0.120. The van der Waals surface area contributed by atoms with E-state index in [2.05, 4.69) is 31.4 Å². The van der Waals surface area contributed by atoms with E-state index in [9.17, 15) is 0 Å². The van der Waals surface area contributed by atoms with Gasteiger partial charge in [0.1, 0.15) is 0 Å². The smallest absolute Gasteiger partial charge is 0.0587 e. The molecule has 14 heavy (non-hydrogen) atoms. The summed E-state index contributed by atoms with van der Waals surface area (Å²) in [5.74, 6) is 0.496. The summed E-state index contributed by atoms with van der Waals surface area (Å²) in [5, 5.41) is 15.7. The van der Waals surface area contributed by atoms with Crippen LogP contribution < -0.4 is 10.6 Å². The van der Waals surface area contributed by atoms with E-state index in [4.69, 9.17) is 5.11 Å². The number of unbranched alkanes of at least 4 members (excludes halogenated alkanes) is 1. The van der Waals surface area contributed by atoms with Crippen LogP contribution in [0, 0.1) is 5.92 Å². The molecule has 0 radical (unpaired) electrons. The fourth-order valence-corrected chi connectivity index (χ4v) is 1.28. The van der Waals surface area contributed by atoms with Crippen LogP contribution in [0.15, 0.2) is 0 Å². The Kier molecular flexibility index (Phi) is 9.35. The second-order valence-electron chi connectivity index (χ2n) is 4.09. The first-order valence-electron chi connectivity index (χ1n) is 5.77. The van der Waals surface area contributed by atoms with Gasteiger partial charge in [-0.3, -0.25) is 0 Å². The maximum absolute atomic E-state index is 9.05. The molecule has 3 heteroatoms. The van der Waals surface area contributed by atoms with Crippen molar-refractivity contribution in [2.45, 2.75) is 39.7 Å². The Labute approximate surface area is 88.3 Å². The summed E-state index contributed by atoms with van der Waals surface area (Å²) in [4.78, 5) is 0. The standard InChI is InChI=1S/C11H26N2O/c1-4-5-6-12-7-8-13-11(9-14)10(2)3/h10-14H,4-9H2,1-3H3/t11-/m1/s1. The van der Waals surface area contributed by atoms with Crippen molar-refractivity contribution < 1.29 is 5.11 Å². The van der Waals surface area contributed by atoms with Crippen molar-refractivity contribution in [2.75, 3.05) is 26.2 Å². The first-order valence-corrected chi connectivity index (χ1v) is 5.77. The van der Waals surface area contributed by atoms with E-state index in [0.717, 1.165) is 19.6 Å². The molecule has 3 nitrogen and oxygen atoms in total. The van der Waals surface area contributed by atoms with E-state index in [-0.39, 0.29) is 12.6 Å². The molecule has 0 fully saturated rings. The molecule has 0 aliphatic rings. The van der Waals surface area contributed by atoms with Crippen molar-refractivity contribution in [3.8, 4) is 0 Å². The lowest BCUT2D eigenvalue weighted by Crippen LogP contribution is -2.40. The highest BCUT2D eigenvalue weighted by Crippen LogP contribution is 1.98. The van der Waals surface area contributed by atoms with Crippen LogP contribution in [0.1, 0.15) is 33.6 Å². The summed E-state index contributed by atoms with van der Waals surface area (Å²) in [6.07, 6.45) is 2.49. The minimum Gasteiger partial charge on any atom is -0.395 e. The van der Waals surface area contributed by atoms with Crippen molar-refractivity contribution in [2.24, 2.45) is 5.92 Å². The van der Waals surface area contributed by atoms with Crippen LogP contribution in [0.3, 0.4) is 0 Å². The van der Waals surface area contributed by atoms with E-state index in [1.54, 1.807) is 0 Å². The normalized spacial score (nSPS) is 13.5. The number of rotatable bonds is 9. The Morgan fingerprint density at radius 2 is 1.86 bits per heavy atom. The zero-order valence-corrected chi connectivity index (χ0v) is 9.84. The van der Waals surface area contributed by atoms with Gasteiger partial charge in [-0.05, 0) is 18.9 Å². The van der Waals surface area contributed by atoms with Crippen molar-refractivity contribution in [1.29, 1.82) is 0 Å². The highest BCUT2D eigenvalue weighted by Gasteiger charge is 2.09. The number of aliphatic hydroxyl groups excluding tert-OH is 1. The lowest BCUT2D eigenvalue weighted by Gasteiger charge is -2.19. The third kappa shape index (κ3) is 7.30. The number of aliphatic hydroxyl groups is 1. The lowest BCUT2D eigenvalue weighted by molar-refractivity contribution is 0.211. The monoisotopic (exact) mass is 202 g/mol.